The standard InChI is InChI=1S/C14H23NO3/c1-11(2)10-18-8-7-15-13-6-5-12(16-3)9-14(13)17-4/h5-6,9,11,15H,7-8,10H2,1-4H3. The zero-order valence-electron chi connectivity index (χ0n) is 11.7. The van der Waals surface area contributed by atoms with Crippen LogP contribution in [0.15, 0.2) is 18.2 Å². The van der Waals surface area contributed by atoms with Crippen LogP contribution in [0.3, 0.4) is 0 Å². The van der Waals surface area contributed by atoms with Gasteiger partial charge in [0, 0.05) is 19.2 Å². The zero-order valence-corrected chi connectivity index (χ0v) is 11.7. The lowest BCUT2D eigenvalue weighted by Crippen LogP contribution is -2.12. The van der Waals surface area contributed by atoms with Crippen molar-refractivity contribution < 1.29 is 14.2 Å². The van der Waals surface area contributed by atoms with Gasteiger partial charge in [0.2, 0.25) is 0 Å². The van der Waals surface area contributed by atoms with Gasteiger partial charge in [-0.25, -0.2) is 0 Å². The Bertz CT molecular complexity index is 353. The SMILES string of the molecule is COc1ccc(NCCOCC(C)C)c(OC)c1. The summed E-state index contributed by atoms with van der Waals surface area (Å²) in [5, 5.41) is 3.28. The van der Waals surface area contributed by atoms with Crippen molar-refractivity contribution in [3.63, 3.8) is 0 Å². The van der Waals surface area contributed by atoms with Crippen LogP contribution in [-0.4, -0.2) is 34.0 Å². The molecule has 0 fully saturated rings. The summed E-state index contributed by atoms with van der Waals surface area (Å²) in [4.78, 5) is 0. The van der Waals surface area contributed by atoms with E-state index in [-0.39, 0.29) is 0 Å². The van der Waals surface area contributed by atoms with Gasteiger partial charge < -0.3 is 19.5 Å². The minimum absolute atomic E-state index is 0.570. The van der Waals surface area contributed by atoms with Crippen LogP contribution in [0.4, 0.5) is 5.69 Å². The zero-order chi connectivity index (χ0) is 13.4. The van der Waals surface area contributed by atoms with Gasteiger partial charge in [0.15, 0.2) is 0 Å². The average Bonchev–Trinajstić information content (AvgIpc) is 2.38. The van der Waals surface area contributed by atoms with E-state index in [4.69, 9.17) is 14.2 Å². The van der Waals surface area contributed by atoms with Crippen molar-refractivity contribution in [2.45, 2.75) is 13.8 Å². The molecule has 4 nitrogen and oxygen atoms in total. The molecule has 1 aromatic rings. The highest BCUT2D eigenvalue weighted by Gasteiger charge is 2.04. The molecule has 4 heteroatoms. The van der Waals surface area contributed by atoms with Gasteiger partial charge in [-0.2, -0.15) is 0 Å². The molecule has 18 heavy (non-hydrogen) atoms. The molecule has 0 saturated carbocycles. The first-order chi connectivity index (χ1) is 8.67. The van der Waals surface area contributed by atoms with Gasteiger partial charge in [-0.15, -0.1) is 0 Å². The third-order valence-electron chi connectivity index (χ3n) is 2.42. The number of nitrogens with one attached hydrogen (secondary N) is 1. The van der Waals surface area contributed by atoms with Gasteiger partial charge in [0.25, 0.3) is 0 Å². The fraction of sp³-hybridized carbons (Fsp3) is 0.571. The molecular weight excluding hydrogens is 230 g/mol. The number of rotatable bonds is 8. The van der Waals surface area contributed by atoms with E-state index in [0.717, 1.165) is 30.3 Å². The summed E-state index contributed by atoms with van der Waals surface area (Å²) in [6.45, 7) is 6.52. The summed E-state index contributed by atoms with van der Waals surface area (Å²) in [5.41, 5.74) is 0.950. The normalized spacial score (nSPS) is 10.5. The van der Waals surface area contributed by atoms with Crippen molar-refractivity contribution in [2.75, 3.05) is 39.3 Å². The molecule has 0 bridgehead atoms. The third-order valence-corrected chi connectivity index (χ3v) is 2.42. The molecule has 1 aromatic carbocycles. The lowest BCUT2D eigenvalue weighted by Gasteiger charge is -2.13. The van der Waals surface area contributed by atoms with Gasteiger partial charge in [0.1, 0.15) is 11.5 Å². The summed E-state index contributed by atoms with van der Waals surface area (Å²) >= 11 is 0. The second-order valence-electron chi connectivity index (χ2n) is 4.46. The Balaban J connectivity index is 2.41. The predicted octanol–water partition coefficient (Wildman–Crippen LogP) is 2.79. The maximum atomic E-state index is 5.51. The maximum absolute atomic E-state index is 5.51. The molecule has 102 valence electrons. The Morgan fingerprint density at radius 3 is 2.56 bits per heavy atom. The maximum Gasteiger partial charge on any atom is 0.145 e. The number of hydrogen-bond acceptors (Lipinski definition) is 4. The molecule has 1 rings (SSSR count). The fourth-order valence-corrected chi connectivity index (χ4v) is 1.52. The third kappa shape index (κ3) is 4.84. The molecule has 0 aromatic heterocycles. The van der Waals surface area contributed by atoms with Gasteiger partial charge >= 0.3 is 0 Å². The molecule has 0 radical (unpaired) electrons. The second-order valence-corrected chi connectivity index (χ2v) is 4.46. The summed E-state index contributed by atoms with van der Waals surface area (Å²) in [7, 11) is 3.29. The van der Waals surface area contributed by atoms with E-state index >= 15 is 0 Å². The van der Waals surface area contributed by atoms with Crippen LogP contribution in [0.5, 0.6) is 11.5 Å². The smallest absolute Gasteiger partial charge is 0.145 e. The molecule has 0 spiro atoms. The van der Waals surface area contributed by atoms with Crippen molar-refractivity contribution in [2.24, 2.45) is 5.92 Å². The molecule has 0 aliphatic heterocycles. The minimum atomic E-state index is 0.570. The topological polar surface area (TPSA) is 39.7 Å². The van der Waals surface area contributed by atoms with E-state index in [1.165, 1.54) is 0 Å². The van der Waals surface area contributed by atoms with Crippen molar-refractivity contribution in [1.29, 1.82) is 0 Å². The van der Waals surface area contributed by atoms with Crippen molar-refractivity contribution in [3.8, 4) is 11.5 Å². The Kier molecular flexibility index (Phi) is 6.36. The van der Waals surface area contributed by atoms with Crippen molar-refractivity contribution in [3.05, 3.63) is 18.2 Å². The molecule has 0 heterocycles. The number of ether oxygens (including phenoxy) is 3. The highest BCUT2D eigenvalue weighted by Crippen LogP contribution is 2.28. The highest BCUT2D eigenvalue weighted by atomic mass is 16.5. The molecule has 0 atom stereocenters. The molecule has 0 amide bonds. The number of anilines is 1. The van der Waals surface area contributed by atoms with Crippen LogP contribution in [0.2, 0.25) is 0 Å². The summed E-state index contributed by atoms with van der Waals surface area (Å²) in [5.74, 6) is 2.13. The van der Waals surface area contributed by atoms with Gasteiger partial charge in [0.05, 0.1) is 26.5 Å². The largest absolute Gasteiger partial charge is 0.497 e. The Morgan fingerprint density at radius 2 is 1.94 bits per heavy atom. The Hall–Kier alpha value is -1.42. The van der Waals surface area contributed by atoms with E-state index in [9.17, 15) is 0 Å². The van der Waals surface area contributed by atoms with E-state index in [1.54, 1.807) is 14.2 Å². The second kappa shape index (κ2) is 7.82. The quantitative estimate of drug-likeness (QED) is 0.723. The van der Waals surface area contributed by atoms with Crippen LogP contribution < -0.4 is 14.8 Å². The summed E-state index contributed by atoms with van der Waals surface area (Å²) in [6.07, 6.45) is 0. The summed E-state index contributed by atoms with van der Waals surface area (Å²) < 4.78 is 16.0. The number of benzene rings is 1. The van der Waals surface area contributed by atoms with Crippen LogP contribution >= 0.6 is 0 Å². The molecule has 0 unspecified atom stereocenters. The van der Waals surface area contributed by atoms with E-state index < -0.39 is 0 Å². The molecule has 0 aliphatic rings. The van der Waals surface area contributed by atoms with Gasteiger partial charge in [-0.1, -0.05) is 13.8 Å². The lowest BCUT2D eigenvalue weighted by atomic mass is 10.2. The first-order valence-corrected chi connectivity index (χ1v) is 6.21. The lowest BCUT2D eigenvalue weighted by molar-refractivity contribution is 0.118. The van der Waals surface area contributed by atoms with E-state index in [0.29, 0.717) is 12.5 Å². The minimum Gasteiger partial charge on any atom is -0.497 e. The van der Waals surface area contributed by atoms with Gasteiger partial charge in [-0.05, 0) is 18.1 Å². The molecule has 1 N–H and O–H groups in total. The van der Waals surface area contributed by atoms with Gasteiger partial charge in [-0.3, -0.25) is 0 Å². The first kappa shape index (κ1) is 14.6. The van der Waals surface area contributed by atoms with Crippen LogP contribution in [0.1, 0.15) is 13.8 Å². The van der Waals surface area contributed by atoms with Crippen molar-refractivity contribution >= 4 is 5.69 Å². The molecular formula is C14H23NO3. The number of hydrogen-bond donors (Lipinski definition) is 1. The van der Waals surface area contributed by atoms with E-state index in [1.807, 2.05) is 18.2 Å². The fourth-order valence-electron chi connectivity index (χ4n) is 1.52. The monoisotopic (exact) mass is 253 g/mol. The Labute approximate surface area is 109 Å². The first-order valence-electron chi connectivity index (χ1n) is 6.21. The van der Waals surface area contributed by atoms with Crippen LogP contribution in [-0.2, 0) is 4.74 Å². The summed E-state index contributed by atoms with van der Waals surface area (Å²) in [6, 6.07) is 5.71. The average molecular weight is 253 g/mol. The molecule has 0 aliphatic carbocycles. The van der Waals surface area contributed by atoms with E-state index in [2.05, 4.69) is 19.2 Å². The predicted molar refractivity (Wildman–Crippen MR) is 73.7 cm³/mol. The van der Waals surface area contributed by atoms with Crippen molar-refractivity contribution in [1.82, 2.24) is 0 Å². The van der Waals surface area contributed by atoms with Crippen LogP contribution in [0.25, 0.3) is 0 Å². The molecule has 0 saturated heterocycles. The van der Waals surface area contributed by atoms with Crippen LogP contribution in [0, 0.1) is 5.92 Å². The number of methoxy groups -OCH3 is 2. The highest BCUT2D eigenvalue weighted by molar-refractivity contribution is 5.59. The Morgan fingerprint density at radius 1 is 1.17 bits per heavy atom.